The summed E-state index contributed by atoms with van der Waals surface area (Å²) in [6.45, 7) is 3.93. The summed E-state index contributed by atoms with van der Waals surface area (Å²) in [5, 5.41) is 12.6. The molecule has 1 atom stereocenters. The first kappa shape index (κ1) is 13.0. The number of nitrogens with two attached hydrogens (primary N) is 1. The summed E-state index contributed by atoms with van der Waals surface area (Å²) in [6, 6.07) is 7.94. The number of aromatic hydroxyl groups is 1. The molecule has 0 fully saturated rings. The Morgan fingerprint density at radius 1 is 1.31 bits per heavy atom. The molecule has 16 heavy (non-hydrogen) atoms. The Morgan fingerprint density at radius 3 is 2.62 bits per heavy atom. The lowest BCUT2D eigenvalue weighted by Crippen LogP contribution is -2.28. The van der Waals surface area contributed by atoms with Crippen LogP contribution in [0.3, 0.4) is 0 Å². The summed E-state index contributed by atoms with van der Waals surface area (Å²) in [7, 11) is 0. The van der Waals surface area contributed by atoms with Crippen molar-refractivity contribution in [2.45, 2.75) is 32.2 Å². The topological polar surface area (TPSA) is 58.3 Å². The van der Waals surface area contributed by atoms with E-state index in [1.54, 1.807) is 12.1 Å². The second-order valence-corrected chi connectivity index (χ2v) is 4.20. The first-order valence-corrected chi connectivity index (χ1v) is 5.93. The number of benzene rings is 1. The normalized spacial score (nSPS) is 12.6. The van der Waals surface area contributed by atoms with E-state index < -0.39 is 0 Å². The van der Waals surface area contributed by atoms with E-state index in [1.165, 1.54) is 5.56 Å². The van der Waals surface area contributed by atoms with Gasteiger partial charge in [0.05, 0.1) is 0 Å². The van der Waals surface area contributed by atoms with E-state index in [4.69, 9.17) is 10.8 Å². The fourth-order valence-electron chi connectivity index (χ4n) is 1.60. The van der Waals surface area contributed by atoms with Crippen LogP contribution in [-0.2, 0) is 6.42 Å². The van der Waals surface area contributed by atoms with Crippen LogP contribution in [0.25, 0.3) is 0 Å². The molecule has 3 heteroatoms. The standard InChI is InChI=1S/C13H22N2O/c1-11(15-10-2-9-14)3-4-12-5-7-13(16)8-6-12/h5-8,11,15-16H,2-4,9-10,14H2,1H3. The van der Waals surface area contributed by atoms with Crippen molar-refractivity contribution in [1.29, 1.82) is 0 Å². The maximum Gasteiger partial charge on any atom is 0.115 e. The molecule has 90 valence electrons. The van der Waals surface area contributed by atoms with E-state index in [0.29, 0.717) is 11.8 Å². The minimum absolute atomic E-state index is 0.331. The first-order valence-electron chi connectivity index (χ1n) is 5.93. The smallest absolute Gasteiger partial charge is 0.115 e. The SMILES string of the molecule is CC(CCc1ccc(O)cc1)NCCCN. The summed E-state index contributed by atoms with van der Waals surface area (Å²) in [6.07, 6.45) is 3.18. The van der Waals surface area contributed by atoms with Gasteiger partial charge in [0.15, 0.2) is 0 Å². The molecule has 0 spiro atoms. The maximum absolute atomic E-state index is 9.15. The zero-order valence-corrected chi connectivity index (χ0v) is 9.95. The number of nitrogens with one attached hydrogen (secondary N) is 1. The van der Waals surface area contributed by atoms with Crippen molar-refractivity contribution in [2.75, 3.05) is 13.1 Å². The average Bonchev–Trinajstić information content (AvgIpc) is 2.29. The van der Waals surface area contributed by atoms with Gasteiger partial charge in [-0.3, -0.25) is 0 Å². The van der Waals surface area contributed by atoms with Crippen LogP contribution in [0.5, 0.6) is 5.75 Å². The lowest BCUT2D eigenvalue weighted by molar-refractivity contribution is 0.474. The quantitative estimate of drug-likeness (QED) is 0.615. The van der Waals surface area contributed by atoms with E-state index in [1.807, 2.05) is 12.1 Å². The fraction of sp³-hybridized carbons (Fsp3) is 0.538. The second-order valence-electron chi connectivity index (χ2n) is 4.20. The van der Waals surface area contributed by atoms with Gasteiger partial charge in [-0.15, -0.1) is 0 Å². The summed E-state index contributed by atoms with van der Waals surface area (Å²) in [5.74, 6) is 0.331. The van der Waals surface area contributed by atoms with Gasteiger partial charge in [-0.1, -0.05) is 12.1 Å². The monoisotopic (exact) mass is 222 g/mol. The van der Waals surface area contributed by atoms with Crippen molar-refractivity contribution in [1.82, 2.24) is 5.32 Å². The van der Waals surface area contributed by atoms with E-state index in [2.05, 4.69) is 12.2 Å². The van der Waals surface area contributed by atoms with E-state index in [-0.39, 0.29) is 0 Å². The Hall–Kier alpha value is -1.06. The largest absolute Gasteiger partial charge is 0.508 e. The molecule has 3 nitrogen and oxygen atoms in total. The van der Waals surface area contributed by atoms with Crippen molar-refractivity contribution in [3.63, 3.8) is 0 Å². The van der Waals surface area contributed by atoms with Crippen LogP contribution < -0.4 is 11.1 Å². The van der Waals surface area contributed by atoms with E-state index in [0.717, 1.165) is 32.4 Å². The Kier molecular flexibility index (Phi) is 5.90. The van der Waals surface area contributed by atoms with Crippen molar-refractivity contribution in [3.8, 4) is 5.75 Å². The zero-order chi connectivity index (χ0) is 11.8. The van der Waals surface area contributed by atoms with E-state index >= 15 is 0 Å². The van der Waals surface area contributed by atoms with Crippen LogP contribution in [0.1, 0.15) is 25.3 Å². The highest BCUT2D eigenvalue weighted by Gasteiger charge is 2.01. The Balaban J connectivity index is 2.20. The lowest BCUT2D eigenvalue weighted by Gasteiger charge is -2.13. The number of aryl methyl sites for hydroxylation is 1. The summed E-state index contributed by atoms with van der Waals surface area (Å²) in [5.41, 5.74) is 6.70. The van der Waals surface area contributed by atoms with Gasteiger partial charge in [-0.2, -0.15) is 0 Å². The highest BCUT2D eigenvalue weighted by atomic mass is 16.3. The van der Waals surface area contributed by atoms with Gasteiger partial charge >= 0.3 is 0 Å². The van der Waals surface area contributed by atoms with Gasteiger partial charge in [0.1, 0.15) is 5.75 Å². The third-order valence-corrected chi connectivity index (χ3v) is 2.68. The molecular formula is C13H22N2O. The molecule has 0 aliphatic rings. The molecule has 0 aliphatic heterocycles. The molecule has 0 saturated carbocycles. The first-order chi connectivity index (χ1) is 7.72. The molecule has 0 radical (unpaired) electrons. The number of phenols is 1. The van der Waals surface area contributed by atoms with Gasteiger partial charge in [0, 0.05) is 6.04 Å². The minimum atomic E-state index is 0.331. The molecule has 0 saturated heterocycles. The molecule has 0 bridgehead atoms. The number of hydrogen-bond acceptors (Lipinski definition) is 3. The molecule has 1 unspecified atom stereocenters. The predicted octanol–water partition coefficient (Wildman–Crippen LogP) is 1.65. The maximum atomic E-state index is 9.15. The highest BCUT2D eigenvalue weighted by Crippen LogP contribution is 2.11. The molecule has 0 aromatic heterocycles. The zero-order valence-electron chi connectivity index (χ0n) is 9.95. The third-order valence-electron chi connectivity index (χ3n) is 2.68. The highest BCUT2D eigenvalue weighted by molar-refractivity contribution is 5.25. The summed E-state index contributed by atoms with van der Waals surface area (Å²) < 4.78 is 0. The summed E-state index contributed by atoms with van der Waals surface area (Å²) in [4.78, 5) is 0. The Bertz CT molecular complexity index is 284. The van der Waals surface area contributed by atoms with Crippen LogP contribution >= 0.6 is 0 Å². The molecule has 1 aromatic rings. The Morgan fingerprint density at radius 2 is 2.00 bits per heavy atom. The number of hydrogen-bond donors (Lipinski definition) is 3. The van der Waals surface area contributed by atoms with Crippen LogP contribution in [0, 0.1) is 0 Å². The molecular weight excluding hydrogens is 200 g/mol. The fourth-order valence-corrected chi connectivity index (χ4v) is 1.60. The second kappa shape index (κ2) is 7.25. The van der Waals surface area contributed by atoms with Crippen molar-refractivity contribution >= 4 is 0 Å². The molecule has 4 N–H and O–H groups in total. The van der Waals surface area contributed by atoms with Crippen LogP contribution in [0.4, 0.5) is 0 Å². The van der Waals surface area contributed by atoms with Crippen molar-refractivity contribution < 1.29 is 5.11 Å². The van der Waals surface area contributed by atoms with Gasteiger partial charge < -0.3 is 16.2 Å². The number of phenolic OH excluding ortho intramolecular Hbond substituents is 1. The molecule has 1 aromatic carbocycles. The molecule has 0 aliphatic carbocycles. The lowest BCUT2D eigenvalue weighted by atomic mass is 10.1. The van der Waals surface area contributed by atoms with Crippen molar-refractivity contribution in [3.05, 3.63) is 29.8 Å². The van der Waals surface area contributed by atoms with Gasteiger partial charge in [-0.25, -0.2) is 0 Å². The van der Waals surface area contributed by atoms with Gasteiger partial charge in [0.25, 0.3) is 0 Å². The average molecular weight is 222 g/mol. The van der Waals surface area contributed by atoms with E-state index in [9.17, 15) is 0 Å². The van der Waals surface area contributed by atoms with Gasteiger partial charge in [0.2, 0.25) is 0 Å². The Labute approximate surface area is 97.7 Å². The molecule has 1 rings (SSSR count). The summed E-state index contributed by atoms with van der Waals surface area (Å²) >= 11 is 0. The van der Waals surface area contributed by atoms with Crippen molar-refractivity contribution in [2.24, 2.45) is 5.73 Å². The van der Waals surface area contributed by atoms with Crippen LogP contribution in [0.2, 0.25) is 0 Å². The third kappa shape index (κ3) is 5.14. The molecule has 0 amide bonds. The molecule has 0 heterocycles. The minimum Gasteiger partial charge on any atom is -0.508 e. The van der Waals surface area contributed by atoms with Crippen LogP contribution in [0.15, 0.2) is 24.3 Å². The predicted molar refractivity (Wildman–Crippen MR) is 67.6 cm³/mol. The van der Waals surface area contributed by atoms with Crippen LogP contribution in [-0.4, -0.2) is 24.2 Å². The van der Waals surface area contributed by atoms with Gasteiger partial charge in [-0.05, 0) is 57.0 Å². The number of rotatable bonds is 7.